The van der Waals surface area contributed by atoms with Crippen LogP contribution in [0.2, 0.25) is 5.02 Å². The van der Waals surface area contributed by atoms with Crippen molar-refractivity contribution in [3.8, 4) is 0 Å². The highest BCUT2D eigenvalue weighted by Gasteiger charge is 2.34. The summed E-state index contributed by atoms with van der Waals surface area (Å²) in [6, 6.07) is 5.43. The van der Waals surface area contributed by atoms with E-state index in [4.69, 9.17) is 16.7 Å². The van der Waals surface area contributed by atoms with Gasteiger partial charge in [0.15, 0.2) is 0 Å². The molecule has 1 heterocycles. The number of nitrogens with zero attached hydrogens (tertiary/aromatic N) is 1. The first-order valence-corrected chi connectivity index (χ1v) is 7.66. The van der Waals surface area contributed by atoms with Crippen molar-refractivity contribution in [2.45, 2.75) is 6.04 Å². The van der Waals surface area contributed by atoms with E-state index in [0.29, 0.717) is 22.2 Å². The molecule has 6 nitrogen and oxygen atoms in total. The molecule has 1 aromatic carbocycles. The van der Waals surface area contributed by atoms with Gasteiger partial charge in [-0.2, -0.15) is 0 Å². The van der Waals surface area contributed by atoms with E-state index in [0.717, 1.165) is 0 Å². The molecule has 2 amide bonds. The summed E-state index contributed by atoms with van der Waals surface area (Å²) >= 11 is 7.10. The number of thioether (sulfide) groups is 1. The number of carbonyl (C=O) groups is 3. The molecule has 1 aliphatic heterocycles. The average molecular weight is 329 g/mol. The van der Waals surface area contributed by atoms with Crippen molar-refractivity contribution in [3.05, 3.63) is 34.9 Å². The molecule has 0 spiro atoms. The molecule has 1 aliphatic rings. The fourth-order valence-electron chi connectivity index (χ4n) is 1.85. The summed E-state index contributed by atoms with van der Waals surface area (Å²) in [5.41, 5.74) is 0.387. The van der Waals surface area contributed by atoms with Crippen molar-refractivity contribution in [2.24, 2.45) is 0 Å². The molecule has 0 radical (unpaired) electrons. The van der Waals surface area contributed by atoms with Gasteiger partial charge in [0.1, 0.15) is 6.04 Å². The second-order valence-corrected chi connectivity index (χ2v) is 5.84. The van der Waals surface area contributed by atoms with E-state index in [1.165, 1.54) is 16.7 Å². The van der Waals surface area contributed by atoms with E-state index >= 15 is 0 Å². The van der Waals surface area contributed by atoms with Crippen LogP contribution < -0.4 is 5.32 Å². The highest BCUT2D eigenvalue weighted by atomic mass is 35.5. The monoisotopic (exact) mass is 328 g/mol. The van der Waals surface area contributed by atoms with E-state index in [1.54, 1.807) is 24.3 Å². The predicted octanol–water partition coefficient (Wildman–Crippen LogP) is 1.06. The van der Waals surface area contributed by atoms with Gasteiger partial charge < -0.3 is 15.3 Å². The lowest BCUT2D eigenvalue weighted by atomic mass is 10.2. The molecule has 1 aromatic rings. The van der Waals surface area contributed by atoms with Crippen LogP contribution in [0.4, 0.5) is 0 Å². The number of benzene rings is 1. The second kappa shape index (κ2) is 6.82. The fraction of sp³-hybridized carbons (Fsp3) is 0.308. The molecule has 2 N–H and O–H groups in total. The molecule has 0 aliphatic carbocycles. The van der Waals surface area contributed by atoms with Gasteiger partial charge in [0.05, 0.1) is 12.4 Å². The third kappa shape index (κ3) is 3.89. The van der Waals surface area contributed by atoms with Gasteiger partial charge in [0, 0.05) is 16.3 Å². The minimum atomic E-state index is -1.03. The van der Waals surface area contributed by atoms with Crippen molar-refractivity contribution in [3.63, 3.8) is 0 Å². The molecule has 1 saturated heterocycles. The number of carbonyl (C=O) groups excluding carboxylic acids is 2. The molecule has 0 saturated carbocycles. The van der Waals surface area contributed by atoms with Gasteiger partial charge in [-0.25, -0.2) is 4.79 Å². The van der Waals surface area contributed by atoms with Crippen LogP contribution in [-0.4, -0.2) is 52.0 Å². The molecular formula is C13H13ClN2O4S. The first kappa shape index (κ1) is 15.7. The van der Waals surface area contributed by atoms with Gasteiger partial charge in [-0.1, -0.05) is 11.6 Å². The van der Waals surface area contributed by atoms with Gasteiger partial charge in [-0.05, 0) is 24.3 Å². The number of halogens is 1. The number of nitrogens with one attached hydrogen (secondary N) is 1. The number of carboxylic acids is 1. The maximum Gasteiger partial charge on any atom is 0.327 e. The van der Waals surface area contributed by atoms with Crippen LogP contribution >= 0.6 is 23.4 Å². The van der Waals surface area contributed by atoms with Crippen molar-refractivity contribution in [1.29, 1.82) is 0 Å². The van der Waals surface area contributed by atoms with Gasteiger partial charge >= 0.3 is 5.97 Å². The van der Waals surface area contributed by atoms with Gasteiger partial charge in [-0.15, -0.1) is 11.8 Å². The summed E-state index contributed by atoms with van der Waals surface area (Å²) in [5, 5.41) is 12.0. The van der Waals surface area contributed by atoms with E-state index in [-0.39, 0.29) is 6.54 Å². The van der Waals surface area contributed by atoms with Crippen molar-refractivity contribution in [1.82, 2.24) is 10.2 Å². The number of rotatable bonds is 4. The van der Waals surface area contributed by atoms with Gasteiger partial charge in [0.25, 0.3) is 5.91 Å². The summed E-state index contributed by atoms with van der Waals surface area (Å²) in [6.45, 7) is -0.230. The van der Waals surface area contributed by atoms with Crippen molar-refractivity contribution >= 4 is 41.1 Å². The van der Waals surface area contributed by atoms with Crippen LogP contribution in [0.25, 0.3) is 0 Å². The van der Waals surface area contributed by atoms with Crippen LogP contribution in [0.5, 0.6) is 0 Å². The lowest BCUT2D eigenvalue weighted by Crippen LogP contribution is -2.46. The fourth-order valence-corrected chi connectivity index (χ4v) is 3.15. The summed E-state index contributed by atoms with van der Waals surface area (Å²) in [4.78, 5) is 36.1. The maximum absolute atomic E-state index is 12.0. The Hall–Kier alpha value is -1.73. The van der Waals surface area contributed by atoms with Crippen LogP contribution in [0.3, 0.4) is 0 Å². The lowest BCUT2D eigenvalue weighted by molar-refractivity contribution is -0.147. The van der Waals surface area contributed by atoms with Gasteiger partial charge in [-0.3, -0.25) is 9.59 Å². The molecule has 1 unspecified atom stereocenters. The number of carboxylic acid groups (broad SMARTS) is 1. The van der Waals surface area contributed by atoms with Crippen molar-refractivity contribution < 1.29 is 19.5 Å². The Balaban J connectivity index is 1.90. The summed E-state index contributed by atoms with van der Waals surface area (Å²) < 4.78 is 0. The highest BCUT2D eigenvalue weighted by molar-refractivity contribution is 7.99. The zero-order valence-corrected chi connectivity index (χ0v) is 12.5. The van der Waals surface area contributed by atoms with E-state index in [1.807, 2.05) is 0 Å². The van der Waals surface area contributed by atoms with E-state index < -0.39 is 23.8 Å². The molecule has 1 fully saturated rings. The molecular weight excluding hydrogens is 316 g/mol. The van der Waals surface area contributed by atoms with Crippen LogP contribution in [-0.2, 0) is 9.59 Å². The minimum absolute atomic E-state index is 0.230. The summed E-state index contributed by atoms with van der Waals surface area (Å²) in [6.07, 6.45) is 0. The third-order valence-corrected chi connectivity index (χ3v) is 4.26. The smallest absolute Gasteiger partial charge is 0.327 e. The third-order valence-electron chi connectivity index (χ3n) is 2.99. The number of amides is 2. The Kier molecular flexibility index (Phi) is 5.08. The van der Waals surface area contributed by atoms with Crippen LogP contribution in [0.1, 0.15) is 10.4 Å². The summed E-state index contributed by atoms with van der Waals surface area (Å²) in [5.74, 6) is -1.15. The molecule has 0 bridgehead atoms. The standard InChI is InChI=1S/C13H13ClN2O4S/c14-9-3-1-8(2-4-9)12(18)15-5-11(17)16-7-21-6-10(16)13(19)20/h1-4,10H,5-7H2,(H,15,18)(H,19,20). The second-order valence-electron chi connectivity index (χ2n) is 4.41. The van der Waals surface area contributed by atoms with E-state index in [2.05, 4.69) is 5.32 Å². The highest BCUT2D eigenvalue weighted by Crippen LogP contribution is 2.20. The normalized spacial score (nSPS) is 17.6. The lowest BCUT2D eigenvalue weighted by Gasteiger charge is -2.20. The largest absolute Gasteiger partial charge is 0.480 e. The SMILES string of the molecule is O=C(NCC(=O)N1CSCC1C(=O)O)c1ccc(Cl)cc1. The molecule has 1 atom stereocenters. The number of hydrogen-bond acceptors (Lipinski definition) is 4. The number of hydrogen-bond donors (Lipinski definition) is 2. The Labute approximate surface area is 130 Å². The van der Waals surface area contributed by atoms with Crippen LogP contribution in [0.15, 0.2) is 24.3 Å². The Morgan fingerprint density at radius 3 is 2.62 bits per heavy atom. The predicted molar refractivity (Wildman–Crippen MR) is 79.4 cm³/mol. The first-order chi connectivity index (χ1) is 9.99. The maximum atomic E-state index is 12.0. The topological polar surface area (TPSA) is 86.7 Å². The van der Waals surface area contributed by atoms with Gasteiger partial charge in [0.2, 0.25) is 5.91 Å². The zero-order chi connectivity index (χ0) is 15.4. The quantitative estimate of drug-likeness (QED) is 0.863. The van der Waals surface area contributed by atoms with E-state index in [9.17, 15) is 14.4 Å². The van der Waals surface area contributed by atoms with Crippen LogP contribution in [0, 0.1) is 0 Å². The molecule has 21 heavy (non-hydrogen) atoms. The average Bonchev–Trinajstić information content (AvgIpc) is 2.95. The molecule has 2 rings (SSSR count). The molecule has 112 valence electrons. The Bertz CT molecular complexity index is 564. The summed E-state index contributed by atoms with van der Waals surface area (Å²) in [7, 11) is 0. The number of aliphatic carboxylic acids is 1. The molecule has 0 aromatic heterocycles. The Morgan fingerprint density at radius 2 is 2.00 bits per heavy atom. The zero-order valence-electron chi connectivity index (χ0n) is 10.9. The first-order valence-electron chi connectivity index (χ1n) is 6.13. The molecule has 8 heteroatoms. The minimum Gasteiger partial charge on any atom is -0.480 e. The van der Waals surface area contributed by atoms with Crippen molar-refractivity contribution in [2.75, 3.05) is 18.2 Å². The Morgan fingerprint density at radius 1 is 1.33 bits per heavy atom.